The minimum Gasteiger partial charge on any atom is -0.482 e. The van der Waals surface area contributed by atoms with E-state index in [2.05, 4.69) is 0 Å². The zero-order chi connectivity index (χ0) is 21.6. The molecule has 3 aromatic rings. The van der Waals surface area contributed by atoms with Gasteiger partial charge in [-0.1, -0.05) is 18.2 Å². The van der Waals surface area contributed by atoms with Crippen LogP contribution in [-0.2, 0) is 26.2 Å². The third kappa shape index (κ3) is 5.17. The highest BCUT2D eigenvalue weighted by atomic mass is 32.2. The van der Waals surface area contributed by atoms with Gasteiger partial charge >= 0.3 is 5.97 Å². The molecule has 0 atom stereocenters. The lowest BCUT2D eigenvalue weighted by atomic mass is 10.2. The Morgan fingerprint density at radius 2 is 1.80 bits per heavy atom. The van der Waals surface area contributed by atoms with E-state index in [1.807, 2.05) is 6.07 Å². The zero-order valence-corrected chi connectivity index (χ0v) is 17.7. The van der Waals surface area contributed by atoms with Gasteiger partial charge < -0.3 is 9.47 Å². The molecule has 7 nitrogen and oxygen atoms in total. The zero-order valence-electron chi connectivity index (χ0n) is 16.0. The molecular weight excluding hydrogens is 424 g/mol. The van der Waals surface area contributed by atoms with Crippen molar-refractivity contribution in [2.45, 2.75) is 10.8 Å². The highest BCUT2D eigenvalue weighted by Crippen LogP contribution is 2.26. The van der Waals surface area contributed by atoms with Gasteiger partial charge in [0.25, 0.3) is 10.0 Å². The predicted octanol–water partition coefficient (Wildman–Crippen LogP) is 3.57. The van der Waals surface area contributed by atoms with Gasteiger partial charge in [-0.25, -0.2) is 13.2 Å². The van der Waals surface area contributed by atoms with E-state index in [0.717, 1.165) is 16.9 Å². The summed E-state index contributed by atoms with van der Waals surface area (Å²) in [6.07, 6.45) is 0. The van der Waals surface area contributed by atoms with Crippen LogP contribution in [0.3, 0.4) is 0 Å². The molecule has 0 unspecified atom stereocenters. The Kier molecular flexibility index (Phi) is 6.72. The summed E-state index contributed by atoms with van der Waals surface area (Å²) in [5, 5.41) is 10.5. The molecule has 1 heterocycles. The second kappa shape index (κ2) is 9.43. The van der Waals surface area contributed by atoms with Crippen molar-refractivity contribution in [3.63, 3.8) is 0 Å². The van der Waals surface area contributed by atoms with Gasteiger partial charge in [-0.05, 0) is 53.4 Å². The second-order valence-corrected chi connectivity index (χ2v) is 9.30. The standard InChI is InChI=1S/C21H18N2O5S2/c1-23(30(25,26)21-3-2-12-29-21)18-8-10-19(11-9-18)27-15-20(24)28-14-17-6-4-16(13-22)5-7-17/h2-12H,14-15H2,1H3. The van der Waals surface area contributed by atoms with Gasteiger partial charge in [-0.15, -0.1) is 11.3 Å². The van der Waals surface area contributed by atoms with Gasteiger partial charge in [0.15, 0.2) is 6.61 Å². The van der Waals surface area contributed by atoms with Crippen molar-refractivity contribution in [3.05, 3.63) is 77.2 Å². The quantitative estimate of drug-likeness (QED) is 0.495. The maximum atomic E-state index is 12.5. The van der Waals surface area contributed by atoms with Crippen LogP contribution in [0.2, 0.25) is 0 Å². The molecule has 0 saturated heterocycles. The number of hydrogen-bond donors (Lipinski definition) is 0. The topological polar surface area (TPSA) is 96.7 Å². The van der Waals surface area contributed by atoms with Crippen LogP contribution in [0.15, 0.2) is 70.3 Å². The fourth-order valence-electron chi connectivity index (χ4n) is 2.46. The van der Waals surface area contributed by atoms with Crippen LogP contribution in [-0.4, -0.2) is 28.0 Å². The number of sulfonamides is 1. The SMILES string of the molecule is CN(c1ccc(OCC(=O)OCc2ccc(C#N)cc2)cc1)S(=O)(=O)c1cccs1. The number of benzene rings is 2. The highest BCUT2D eigenvalue weighted by Gasteiger charge is 2.22. The summed E-state index contributed by atoms with van der Waals surface area (Å²) < 4.78 is 37.1. The van der Waals surface area contributed by atoms with Crippen LogP contribution in [0.5, 0.6) is 5.75 Å². The summed E-state index contributed by atoms with van der Waals surface area (Å²) in [6, 6.07) is 18.4. The van der Waals surface area contributed by atoms with Gasteiger partial charge in [0.2, 0.25) is 0 Å². The van der Waals surface area contributed by atoms with E-state index in [4.69, 9.17) is 14.7 Å². The van der Waals surface area contributed by atoms with Crippen LogP contribution in [0.1, 0.15) is 11.1 Å². The molecule has 0 spiro atoms. The van der Waals surface area contributed by atoms with Crippen molar-refractivity contribution in [1.82, 2.24) is 0 Å². The van der Waals surface area contributed by atoms with E-state index in [1.165, 1.54) is 11.4 Å². The first kappa shape index (κ1) is 21.4. The fourth-order valence-corrected chi connectivity index (χ4v) is 4.82. The number of carbonyl (C=O) groups is 1. The summed E-state index contributed by atoms with van der Waals surface area (Å²) in [4.78, 5) is 11.9. The smallest absolute Gasteiger partial charge is 0.344 e. The van der Waals surface area contributed by atoms with Crippen LogP contribution in [0.25, 0.3) is 0 Å². The van der Waals surface area contributed by atoms with Crippen molar-refractivity contribution in [3.8, 4) is 11.8 Å². The normalized spacial score (nSPS) is 10.8. The minimum absolute atomic E-state index is 0.0816. The summed E-state index contributed by atoms with van der Waals surface area (Å²) in [6.45, 7) is -0.197. The van der Waals surface area contributed by atoms with Crippen LogP contribution >= 0.6 is 11.3 Å². The molecule has 0 aliphatic rings. The van der Waals surface area contributed by atoms with Gasteiger partial charge in [-0.3, -0.25) is 4.31 Å². The number of anilines is 1. The fraction of sp³-hybridized carbons (Fsp3) is 0.143. The molecule has 0 N–H and O–H groups in total. The Morgan fingerprint density at radius 1 is 1.10 bits per heavy atom. The van der Waals surface area contributed by atoms with Crippen molar-refractivity contribution in [2.24, 2.45) is 0 Å². The molecule has 2 aromatic carbocycles. The Morgan fingerprint density at radius 3 is 2.40 bits per heavy atom. The van der Waals surface area contributed by atoms with Gasteiger partial charge in [0.1, 0.15) is 16.6 Å². The second-order valence-electron chi connectivity index (χ2n) is 6.16. The van der Waals surface area contributed by atoms with Crippen LogP contribution in [0, 0.1) is 11.3 Å². The third-order valence-electron chi connectivity index (χ3n) is 4.15. The molecule has 30 heavy (non-hydrogen) atoms. The first-order valence-electron chi connectivity index (χ1n) is 8.80. The molecule has 3 rings (SSSR count). The van der Waals surface area contributed by atoms with E-state index in [0.29, 0.717) is 17.0 Å². The molecular formula is C21H18N2O5S2. The predicted molar refractivity (Wildman–Crippen MR) is 113 cm³/mol. The molecule has 0 aliphatic heterocycles. The first-order valence-corrected chi connectivity index (χ1v) is 11.1. The Hall–Kier alpha value is -3.35. The van der Waals surface area contributed by atoms with Gasteiger partial charge in [-0.2, -0.15) is 5.26 Å². The lowest BCUT2D eigenvalue weighted by molar-refractivity contribution is -0.147. The Balaban J connectivity index is 1.51. The van der Waals surface area contributed by atoms with E-state index in [-0.39, 0.29) is 17.4 Å². The monoisotopic (exact) mass is 442 g/mol. The molecule has 0 saturated carbocycles. The number of carbonyl (C=O) groups excluding carboxylic acids is 1. The third-order valence-corrected chi connectivity index (χ3v) is 7.31. The highest BCUT2D eigenvalue weighted by molar-refractivity contribution is 7.94. The first-order chi connectivity index (χ1) is 14.4. The molecule has 154 valence electrons. The van der Waals surface area contributed by atoms with E-state index in [9.17, 15) is 13.2 Å². The summed E-state index contributed by atoms with van der Waals surface area (Å²) in [5.74, 6) is -0.128. The molecule has 0 bridgehead atoms. The summed E-state index contributed by atoms with van der Waals surface area (Å²) >= 11 is 1.15. The van der Waals surface area contributed by atoms with Gasteiger partial charge in [0, 0.05) is 7.05 Å². The lowest BCUT2D eigenvalue weighted by Gasteiger charge is -2.18. The van der Waals surface area contributed by atoms with Crippen molar-refractivity contribution in [1.29, 1.82) is 5.26 Å². The summed E-state index contributed by atoms with van der Waals surface area (Å²) in [5.41, 5.74) is 1.77. The Labute approximate surface area is 178 Å². The summed E-state index contributed by atoms with van der Waals surface area (Å²) in [7, 11) is -2.13. The maximum absolute atomic E-state index is 12.5. The number of ether oxygens (including phenoxy) is 2. The largest absolute Gasteiger partial charge is 0.482 e. The molecule has 0 radical (unpaired) electrons. The average molecular weight is 443 g/mol. The van der Waals surface area contributed by atoms with Crippen molar-refractivity contribution in [2.75, 3.05) is 18.0 Å². The van der Waals surface area contributed by atoms with Crippen molar-refractivity contribution >= 4 is 33.0 Å². The maximum Gasteiger partial charge on any atom is 0.344 e. The number of esters is 1. The average Bonchev–Trinajstić information content (AvgIpc) is 3.32. The van der Waals surface area contributed by atoms with Gasteiger partial charge in [0.05, 0.1) is 17.3 Å². The van der Waals surface area contributed by atoms with Crippen LogP contribution in [0.4, 0.5) is 5.69 Å². The molecule has 1 aromatic heterocycles. The number of nitriles is 1. The molecule has 0 amide bonds. The Bertz CT molecular complexity index is 1130. The lowest BCUT2D eigenvalue weighted by Crippen LogP contribution is -2.25. The number of nitrogens with zero attached hydrogens (tertiary/aromatic N) is 2. The number of rotatable bonds is 8. The number of thiophene rings is 1. The van der Waals surface area contributed by atoms with E-state index in [1.54, 1.807) is 66.0 Å². The number of hydrogen-bond acceptors (Lipinski definition) is 7. The van der Waals surface area contributed by atoms with Crippen LogP contribution < -0.4 is 9.04 Å². The molecule has 0 fully saturated rings. The molecule has 9 heteroatoms. The van der Waals surface area contributed by atoms with E-state index >= 15 is 0 Å². The van der Waals surface area contributed by atoms with E-state index < -0.39 is 16.0 Å². The van der Waals surface area contributed by atoms with Crippen molar-refractivity contribution < 1.29 is 22.7 Å². The minimum atomic E-state index is -3.61. The molecule has 0 aliphatic carbocycles.